The Morgan fingerprint density at radius 1 is 1.07 bits per heavy atom. The fourth-order valence-electron chi connectivity index (χ4n) is 3.36. The van der Waals surface area contributed by atoms with E-state index in [1.165, 1.54) is 19.2 Å². The lowest BCUT2D eigenvalue weighted by atomic mass is 9.97. The molecular formula is C22H16N2O4. The number of esters is 1. The Hall–Kier alpha value is -3.80. The third-order valence-corrected chi connectivity index (χ3v) is 4.72. The van der Waals surface area contributed by atoms with E-state index in [0.29, 0.717) is 5.69 Å². The standard InChI is InChI=1S/C22H16N2O4/c1-28-21(25)13-16-12-20(15-6-9-17(10-7-15)24(26)27)23-19-11-8-14-4-2-3-5-18(14)22(16)19/h2-12H,13H2,1H3. The number of hydrogen-bond donors (Lipinski definition) is 0. The molecule has 0 atom stereocenters. The summed E-state index contributed by atoms with van der Waals surface area (Å²) in [5.74, 6) is -0.338. The largest absolute Gasteiger partial charge is 0.469 e. The SMILES string of the molecule is COC(=O)Cc1cc(-c2ccc([N+](=O)[O-])cc2)nc2ccc3ccccc3c12. The van der Waals surface area contributed by atoms with Gasteiger partial charge in [-0.15, -0.1) is 0 Å². The Labute approximate surface area is 160 Å². The number of rotatable bonds is 4. The van der Waals surface area contributed by atoms with Crippen LogP contribution in [0.2, 0.25) is 0 Å². The zero-order valence-electron chi connectivity index (χ0n) is 15.1. The molecule has 0 unspecified atom stereocenters. The highest BCUT2D eigenvalue weighted by molar-refractivity contribution is 6.09. The molecule has 0 aliphatic heterocycles. The molecule has 6 nitrogen and oxygen atoms in total. The summed E-state index contributed by atoms with van der Waals surface area (Å²) in [6, 6.07) is 19.9. The van der Waals surface area contributed by atoms with E-state index in [9.17, 15) is 14.9 Å². The molecule has 0 radical (unpaired) electrons. The minimum atomic E-state index is -0.438. The molecule has 138 valence electrons. The Balaban J connectivity index is 1.95. The van der Waals surface area contributed by atoms with E-state index < -0.39 is 4.92 Å². The first-order chi connectivity index (χ1) is 13.6. The molecule has 4 rings (SSSR count). The molecule has 0 aliphatic carbocycles. The van der Waals surface area contributed by atoms with Gasteiger partial charge in [0.15, 0.2) is 0 Å². The normalized spacial score (nSPS) is 10.9. The van der Waals surface area contributed by atoms with Crippen LogP contribution in [0.1, 0.15) is 5.56 Å². The highest BCUT2D eigenvalue weighted by Crippen LogP contribution is 2.31. The molecular weight excluding hydrogens is 356 g/mol. The number of hydrogen-bond acceptors (Lipinski definition) is 5. The molecule has 0 saturated heterocycles. The Morgan fingerprint density at radius 2 is 1.82 bits per heavy atom. The molecule has 0 aliphatic rings. The van der Waals surface area contributed by atoms with Gasteiger partial charge in [-0.3, -0.25) is 14.9 Å². The van der Waals surface area contributed by atoms with Crippen molar-refractivity contribution in [2.24, 2.45) is 0 Å². The van der Waals surface area contributed by atoms with Crippen molar-refractivity contribution in [2.45, 2.75) is 6.42 Å². The van der Waals surface area contributed by atoms with Crippen molar-refractivity contribution in [3.8, 4) is 11.3 Å². The smallest absolute Gasteiger partial charge is 0.310 e. The number of aromatic nitrogens is 1. The van der Waals surface area contributed by atoms with Crippen LogP contribution in [0.25, 0.3) is 32.9 Å². The first-order valence-electron chi connectivity index (χ1n) is 8.70. The van der Waals surface area contributed by atoms with Gasteiger partial charge in [0.25, 0.3) is 5.69 Å². The van der Waals surface area contributed by atoms with Crippen LogP contribution in [-0.4, -0.2) is 23.0 Å². The first-order valence-corrected chi connectivity index (χ1v) is 8.70. The molecule has 0 saturated carbocycles. The zero-order valence-corrected chi connectivity index (χ0v) is 15.1. The van der Waals surface area contributed by atoms with Gasteiger partial charge >= 0.3 is 5.97 Å². The third-order valence-electron chi connectivity index (χ3n) is 4.72. The molecule has 3 aromatic carbocycles. The summed E-state index contributed by atoms with van der Waals surface area (Å²) < 4.78 is 4.87. The van der Waals surface area contributed by atoms with Crippen LogP contribution in [0.15, 0.2) is 66.7 Å². The van der Waals surface area contributed by atoms with E-state index in [2.05, 4.69) is 0 Å². The van der Waals surface area contributed by atoms with Crippen molar-refractivity contribution in [1.29, 1.82) is 0 Å². The molecule has 0 N–H and O–H groups in total. The highest BCUT2D eigenvalue weighted by Gasteiger charge is 2.14. The summed E-state index contributed by atoms with van der Waals surface area (Å²) in [4.78, 5) is 27.2. The lowest BCUT2D eigenvalue weighted by Gasteiger charge is -2.12. The number of pyridine rings is 1. The minimum absolute atomic E-state index is 0.0188. The van der Waals surface area contributed by atoms with Crippen LogP contribution in [-0.2, 0) is 16.0 Å². The number of carbonyl (C=O) groups excluding carboxylic acids is 1. The lowest BCUT2D eigenvalue weighted by Crippen LogP contribution is -2.06. The molecule has 1 heterocycles. The predicted molar refractivity (Wildman–Crippen MR) is 107 cm³/mol. The molecule has 28 heavy (non-hydrogen) atoms. The van der Waals surface area contributed by atoms with Gasteiger partial charge in [-0.05, 0) is 40.6 Å². The Morgan fingerprint density at radius 3 is 2.54 bits per heavy atom. The fourth-order valence-corrected chi connectivity index (χ4v) is 3.36. The van der Waals surface area contributed by atoms with Gasteiger partial charge in [-0.25, -0.2) is 4.98 Å². The van der Waals surface area contributed by atoms with Crippen molar-refractivity contribution in [2.75, 3.05) is 7.11 Å². The van der Waals surface area contributed by atoms with Crippen LogP contribution in [0, 0.1) is 10.1 Å². The van der Waals surface area contributed by atoms with E-state index in [0.717, 1.165) is 32.8 Å². The number of nitro groups is 1. The summed E-state index contributed by atoms with van der Waals surface area (Å²) in [5, 5.41) is 13.9. The number of carbonyl (C=O) groups is 1. The average Bonchev–Trinajstić information content (AvgIpc) is 2.73. The fraction of sp³-hybridized carbons (Fsp3) is 0.0909. The third kappa shape index (κ3) is 3.16. The van der Waals surface area contributed by atoms with Crippen molar-refractivity contribution in [3.63, 3.8) is 0 Å². The second-order valence-electron chi connectivity index (χ2n) is 6.40. The summed E-state index contributed by atoms with van der Waals surface area (Å²) in [7, 11) is 1.36. The average molecular weight is 372 g/mol. The van der Waals surface area contributed by atoms with Crippen molar-refractivity contribution >= 4 is 33.3 Å². The predicted octanol–water partition coefficient (Wildman–Crippen LogP) is 4.68. The number of fused-ring (bicyclic) bond motifs is 3. The topological polar surface area (TPSA) is 82.3 Å². The van der Waals surface area contributed by atoms with Gasteiger partial charge < -0.3 is 4.74 Å². The second kappa shape index (κ2) is 7.08. The number of nitrogens with zero attached hydrogens (tertiary/aromatic N) is 2. The molecule has 6 heteroatoms. The number of benzene rings is 3. The van der Waals surface area contributed by atoms with Crippen molar-refractivity contribution in [1.82, 2.24) is 4.98 Å². The minimum Gasteiger partial charge on any atom is -0.469 e. The van der Waals surface area contributed by atoms with E-state index in [-0.39, 0.29) is 18.1 Å². The molecule has 0 spiro atoms. The van der Waals surface area contributed by atoms with Gasteiger partial charge in [0.05, 0.1) is 29.7 Å². The van der Waals surface area contributed by atoms with E-state index in [1.54, 1.807) is 12.1 Å². The Bertz CT molecular complexity index is 1220. The van der Waals surface area contributed by atoms with E-state index in [1.807, 2.05) is 42.5 Å². The van der Waals surface area contributed by atoms with Crippen molar-refractivity contribution < 1.29 is 14.5 Å². The molecule has 4 aromatic rings. The van der Waals surface area contributed by atoms with Gasteiger partial charge in [-0.1, -0.05) is 30.3 Å². The molecule has 0 fully saturated rings. The van der Waals surface area contributed by atoms with Crippen molar-refractivity contribution in [3.05, 3.63) is 82.4 Å². The van der Waals surface area contributed by atoms with Crippen LogP contribution >= 0.6 is 0 Å². The quantitative estimate of drug-likeness (QED) is 0.225. The number of non-ortho nitro benzene ring substituents is 1. The maximum atomic E-state index is 12.0. The van der Waals surface area contributed by atoms with Gasteiger partial charge in [0, 0.05) is 23.1 Å². The zero-order chi connectivity index (χ0) is 19.7. The number of ether oxygens (including phenoxy) is 1. The maximum absolute atomic E-state index is 12.0. The number of nitro benzene ring substituents is 1. The summed E-state index contributed by atoms with van der Waals surface area (Å²) in [5.41, 5.74) is 2.98. The van der Waals surface area contributed by atoms with Gasteiger partial charge in [0.2, 0.25) is 0 Å². The monoisotopic (exact) mass is 372 g/mol. The highest BCUT2D eigenvalue weighted by atomic mass is 16.6. The van der Waals surface area contributed by atoms with Crippen LogP contribution < -0.4 is 0 Å². The molecule has 0 bridgehead atoms. The number of methoxy groups -OCH3 is 1. The van der Waals surface area contributed by atoms with E-state index in [4.69, 9.17) is 9.72 Å². The van der Waals surface area contributed by atoms with Crippen LogP contribution in [0.4, 0.5) is 5.69 Å². The van der Waals surface area contributed by atoms with Crippen LogP contribution in [0.5, 0.6) is 0 Å². The summed E-state index contributed by atoms with van der Waals surface area (Å²) in [6.07, 6.45) is 0.115. The Kier molecular flexibility index (Phi) is 4.45. The van der Waals surface area contributed by atoms with Crippen LogP contribution in [0.3, 0.4) is 0 Å². The van der Waals surface area contributed by atoms with Gasteiger partial charge in [-0.2, -0.15) is 0 Å². The van der Waals surface area contributed by atoms with Gasteiger partial charge in [0.1, 0.15) is 0 Å². The second-order valence-corrected chi connectivity index (χ2v) is 6.40. The molecule has 0 amide bonds. The summed E-state index contributed by atoms with van der Waals surface area (Å²) >= 11 is 0. The first kappa shape index (κ1) is 17.6. The maximum Gasteiger partial charge on any atom is 0.310 e. The molecule has 1 aromatic heterocycles. The van der Waals surface area contributed by atoms with E-state index >= 15 is 0 Å². The summed E-state index contributed by atoms with van der Waals surface area (Å²) in [6.45, 7) is 0. The lowest BCUT2D eigenvalue weighted by molar-refractivity contribution is -0.384.